The van der Waals surface area contributed by atoms with Crippen LogP contribution in [0.15, 0.2) is 0 Å². The van der Waals surface area contributed by atoms with Crippen LogP contribution in [0.4, 0.5) is 0 Å². The molecule has 0 amide bonds. The molecule has 0 saturated carbocycles. The summed E-state index contributed by atoms with van der Waals surface area (Å²) in [7, 11) is 0. The summed E-state index contributed by atoms with van der Waals surface area (Å²) in [5.74, 6) is 0. The van der Waals surface area contributed by atoms with E-state index in [1.165, 1.54) is 13.0 Å². The van der Waals surface area contributed by atoms with Crippen LogP contribution in [-0.2, 0) is 0 Å². The van der Waals surface area contributed by atoms with E-state index in [0.717, 1.165) is 25.9 Å². The number of nitrogens with zero attached hydrogens (tertiary/aromatic N) is 1. The van der Waals surface area contributed by atoms with Crippen molar-refractivity contribution in [2.24, 2.45) is 0 Å². The van der Waals surface area contributed by atoms with Gasteiger partial charge in [0.15, 0.2) is 0 Å². The molecule has 0 aromatic rings. The summed E-state index contributed by atoms with van der Waals surface area (Å²) in [6.45, 7) is 3.27. The van der Waals surface area contributed by atoms with Crippen LogP contribution in [0.2, 0.25) is 0 Å². The molecule has 2 aliphatic heterocycles. The molecule has 0 aromatic carbocycles. The Labute approximate surface area is 55.5 Å². The predicted octanol–water partition coefficient (Wildman–Crippen LogP) is 0.217. The zero-order valence-electron chi connectivity index (χ0n) is 5.64. The van der Waals surface area contributed by atoms with Crippen LogP contribution in [0.5, 0.6) is 0 Å². The zero-order chi connectivity index (χ0) is 6.32. The smallest absolute Gasteiger partial charge is 0.0786 e. The SMILES string of the molecule is OC12CCCN(CC1)C2. The number of rotatable bonds is 0. The van der Waals surface area contributed by atoms with E-state index < -0.39 is 0 Å². The maximum absolute atomic E-state index is 9.68. The van der Waals surface area contributed by atoms with Gasteiger partial charge < -0.3 is 10.0 Å². The van der Waals surface area contributed by atoms with E-state index in [-0.39, 0.29) is 5.60 Å². The molecule has 2 bridgehead atoms. The first-order valence-corrected chi connectivity index (χ1v) is 3.73. The van der Waals surface area contributed by atoms with Gasteiger partial charge in [0.2, 0.25) is 0 Å². The van der Waals surface area contributed by atoms with Crippen LogP contribution in [0.1, 0.15) is 19.3 Å². The van der Waals surface area contributed by atoms with Gasteiger partial charge >= 0.3 is 0 Å². The second-order valence-corrected chi connectivity index (χ2v) is 3.35. The molecule has 2 nitrogen and oxygen atoms in total. The topological polar surface area (TPSA) is 23.5 Å². The van der Waals surface area contributed by atoms with Crippen LogP contribution in [0.25, 0.3) is 0 Å². The Balaban J connectivity index is 2.13. The number of piperidine rings is 1. The fourth-order valence-corrected chi connectivity index (χ4v) is 1.97. The van der Waals surface area contributed by atoms with E-state index in [4.69, 9.17) is 0 Å². The second-order valence-electron chi connectivity index (χ2n) is 3.35. The molecule has 2 rings (SSSR count). The summed E-state index contributed by atoms with van der Waals surface area (Å²) in [6, 6.07) is 0. The lowest BCUT2D eigenvalue weighted by Gasteiger charge is -2.28. The van der Waals surface area contributed by atoms with Gasteiger partial charge in [-0.1, -0.05) is 0 Å². The number of fused-ring (bicyclic) bond motifs is 2. The highest BCUT2D eigenvalue weighted by Crippen LogP contribution is 2.30. The number of hydrogen-bond donors (Lipinski definition) is 1. The molecule has 2 saturated heterocycles. The van der Waals surface area contributed by atoms with E-state index in [1.807, 2.05) is 0 Å². The highest BCUT2D eigenvalue weighted by atomic mass is 16.3. The molecule has 2 heteroatoms. The van der Waals surface area contributed by atoms with E-state index in [2.05, 4.69) is 4.90 Å². The Hall–Kier alpha value is -0.0800. The van der Waals surface area contributed by atoms with Gasteiger partial charge in [0, 0.05) is 13.1 Å². The van der Waals surface area contributed by atoms with Crippen LogP contribution >= 0.6 is 0 Å². The zero-order valence-corrected chi connectivity index (χ0v) is 5.64. The molecule has 2 heterocycles. The third-order valence-corrected chi connectivity index (χ3v) is 2.53. The maximum Gasteiger partial charge on any atom is 0.0786 e. The van der Waals surface area contributed by atoms with Crippen molar-refractivity contribution < 1.29 is 5.11 Å². The third-order valence-electron chi connectivity index (χ3n) is 2.53. The Bertz CT molecular complexity index is 122. The molecule has 0 radical (unpaired) electrons. The Morgan fingerprint density at radius 3 is 2.78 bits per heavy atom. The molecule has 0 aromatic heterocycles. The maximum atomic E-state index is 9.68. The summed E-state index contributed by atoms with van der Waals surface area (Å²) in [6.07, 6.45) is 3.23. The van der Waals surface area contributed by atoms with Crippen molar-refractivity contribution in [1.29, 1.82) is 0 Å². The summed E-state index contributed by atoms with van der Waals surface area (Å²) in [5.41, 5.74) is -0.280. The van der Waals surface area contributed by atoms with Crippen LogP contribution < -0.4 is 0 Å². The highest BCUT2D eigenvalue weighted by Gasteiger charge is 2.38. The van der Waals surface area contributed by atoms with E-state index >= 15 is 0 Å². The van der Waals surface area contributed by atoms with Crippen molar-refractivity contribution in [2.45, 2.75) is 24.9 Å². The first kappa shape index (κ1) is 5.69. The average molecular weight is 127 g/mol. The first-order valence-electron chi connectivity index (χ1n) is 3.73. The quantitative estimate of drug-likeness (QED) is 0.503. The molecule has 2 fully saturated rings. The molecule has 9 heavy (non-hydrogen) atoms. The van der Waals surface area contributed by atoms with Gasteiger partial charge in [-0.15, -0.1) is 0 Å². The van der Waals surface area contributed by atoms with Crippen LogP contribution in [0, 0.1) is 0 Å². The summed E-state index contributed by atoms with van der Waals surface area (Å²) < 4.78 is 0. The highest BCUT2D eigenvalue weighted by molar-refractivity contribution is 4.93. The van der Waals surface area contributed by atoms with Gasteiger partial charge in [0.05, 0.1) is 5.60 Å². The van der Waals surface area contributed by atoms with Crippen molar-refractivity contribution in [3.63, 3.8) is 0 Å². The molecule has 2 atom stereocenters. The molecular formula is C7H13NO. The van der Waals surface area contributed by atoms with Gasteiger partial charge in [0.25, 0.3) is 0 Å². The average Bonchev–Trinajstić information content (AvgIpc) is 2.07. The Kier molecular flexibility index (Phi) is 1.08. The van der Waals surface area contributed by atoms with E-state index in [0.29, 0.717) is 0 Å². The normalized spacial score (nSPS) is 49.7. The van der Waals surface area contributed by atoms with Crippen LogP contribution in [-0.4, -0.2) is 35.2 Å². The standard InChI is InChI=1S/C7H13NO/c9-7-2-1-4-8(6-7)5-3-7/h9H,1-6H2. The van der Waals surface area contributed by atoms with Gasteiger partial charge in [-0.25, -0.2) is 0 Å². The molecule has 52 valence electrons. The molecule has 2 unspecified atom stereocenters. The number of aliphatic hydroxyl groups is 1. The second kappa shape index (κ2) is 1.70. The molecule has 2 aliphatic rings. The molecule has 0 spiro atoms. The van der Waals surface area contributed by atoms with Gasteiger partial charge in [-0.05, 0) is 25.8 Å². The molecule has 1 N–H and O–H groups in total. The Morgan fingerprint density at radius 2 is 2.11 bits per heavy atom. The van der Waals surface area contributed by atoms with Gasteiger partial charge in [-0.3, -0.25) is 0 Å². The van der Waals surface area contributed by atoms with Crippen molar-refractivity contribution >= 4 is 0 Å². The predicted molar refractivity (Wildman–Crippen MR) is 35.2 cm³/mol. The first-order chi connectivity index (χ1) is 4.29. The van der Waals surface area contributed by atoms with Gasteiger partial charge in [0.1, 0.15) is 0 Å². The van der Waals surface area contributed by atoms with Crippen molar-refractivity contribution in [3.8, 4) is 0 Å². The van der Waals surface area contributed by atoms with E-state index in [9.17, 15) is 5.11 Å². The summed E-state index contributed by atoms with van der Waals surface area (Å²) in [4.78, 5) is 2.35. The lowest BCUT2D eigenvalue weighted by molar-refractivity contribution is 0.0204. The Morgan fingerprint density at radius 1 is 1.22 bits per heavy atom. The van der Waals surface area contributed by atoms with Crippen LogP contribution in [0.3, 0.4) is 0 Å². The van der Waals surface area contributed by atoms with Crippen molar-refractivity contribution in [1.82, 2.24) is 4.90 Å². The van der Waals surface area contributed by atoms with Crippen molar-refractivity contribution in [3.05, 3.63) is 0 Å². The molecular weight excluding hydrogens is 114 g/mol. The largest absolute Gasteiger partial charge is 0.389 e. The molecule has 0 aliphatic carbocycles. The minimum atomic E-state index is -0.280. The monoisotopic (exact) mass is 127 g/mol. The fraction of sp³-hybridized carbons (Fsp3) is 1.00. The van der Waals surface area contributed by atoms with E-state index in [1.54, 1.807) is 0 Å². The summed E-state index contributed by atoms with van der Waals surface area (Å²) in [5, 5.41) is 9.68. The lowest BCUT2D eigenvalue weighted by atomic mass is 9.95. The third kappa shape index (κ3) is 0.864. The fourth-order valence-electron chi connectivity index (χ4n) is 1.97. The minimum absolute atomic E-state index is 0.280. The summed E-state index contributed by atoms with van der Waals surface area (Å²) >= 11 is 0. The lowest BCUT2D eigenvalue weighted by Crippen LogP contribution is -2.38. The van der Waals surface area contributed by atoms with Crippen molar-refractivity contribution in [2.75, 3.05) is 19.6 Å². The number of hydrogen-bond acceptors (Lipinski definition) is 2. The minimum Gasteiger partial charge on any atom is -0.389 e. The van der Waals surface area contributed by atoms with Gasteiger partial charge in [-0.2, -0.15) is 0 Å².